The molecule has 1 saturated heterocycles. The van der Waals surface area contributed by atoms with E-state index < -0.39 is 5.97 Å². The molecule has 1 N–H and O–H groups in total. The number of aliphatic carboxylic acids is 1. The molecule has 2 heterocycles. The van der Waals surface area contributed by atoms with Crippen LogP contribution in [0.2, 0.25) is 0 Å². The molecular formula is C20H23N3O5. The standard InChI is InChI=1S/C20H23N3O5/c1-14(24)23(12-19(25)26)17-3-2-9-22(10-8-17)20(27)16-6-4-15(5-7-16)18-11-21-13-28-18/h4-7,11,13,17H,2-3,8-10,12H2,1H3,(H,25,26). The molecule has 0 aliphatic carbocycles. The zero-order valence-electron chi connectivity index (χ0n) is 15.7. The molecule has 8 heteroatoms. The fourth-order valence-electron chi connectivity index (χ4n) is 3.55. The lowest BCUT2D eigenvalue weighted by Gasteiger charge is -2.28. The predicted molar refractivity (Wildman–Crippen MR) is 101 cm³/mol. The molecule has 1 aliphatic heterocycles. The first-order valence-corrected chi connectivity index (χ1v) is 9.23. The molecular weight excluding hydrogens is 362 g/mol. The highest BCUT2D eigenvalue weighted by atomic mass is 16.4. The zero-order chi connectivity index (χ0) is 20.1. The van der Waals surface area contributed by atoms with E-state index in [2.05, 4.69) is 4.98 Å². The Kier molecular flexibility index (Phi) is 6.08. The minimum absolute atomic E-state index is 0.0719. The number of carboxylic acid groups (broad SMARTS) is 1. The first-order chi connectivity index (χ1) is 13.5. The summed E-state index contributed by atoms with van der Waals surface area (Å²) in [7, 11) is 0. The van der Waals surface area contributed by atoms with Gasteiger partial charge in [0.15, 0.2) is 12.2 Å². The second-order valence-electron chi connectivity index (χ2n) is 6.86. The van der Waals surface area contributed by atoms with Crippen molar-refractivity contribution in [3.05, 3.63) is 42.4 Å². The number of likely N-dealkylation sites (tertiary alicyclic amines) is 1. The second-order valence-corrected chi connectivity index (χ2v) is 6.86. The van der Waals surface area contributed by atoms with Gasteiger partial charge < -0.3 is 19.3 Å². The van der Waals surface area contributed by atoms with Crippen molar-refractivity contribution >= 4 is 17.8 Å². The molecule has 1 fully saturated rings. The van der Waals surface area contributed by atoms with Crippen molar-refractivity contribution in [2.75, 3.05) is 19.6 Å². The lowest BCUT2D eigenvalue weighted by molar-refractivity contribution is -0.145. The highest BCUT2D eigenvalue weighted by Gasteiger charge is 2.27. The number of hydrogen-bond acceptors (Lipinski definition) is 5. The van der Waals surface area contributed by atoms with Crippen LogP contribution in [-0.2, 0) is 9.59 Å². The number of hydrogen-bond donors (Lipinski definition) is 1. The Bertz CT molecular complexity index is 832. The summed E-state index contributed by atoms with van der Waals surface area (Å²) in [6.45, 7) is 2.14. The maximum Gasteiger partial charge on any atom is 0.323 e. The van der Waals surface area contributed by atoms with E-state index in [9.17, 15) is 14.4 Å². The van der Waals surface area contributed by atoms with E-state index in [0.717, 1.165) is 12.0 Å². The smallest absolute Gasteiger partial charge is 0.323 e. The zero-order valence-corrected chi connectivity index (χ0v) is 15.7. The van der Waals surface area contributed by atoms with Crippen LogP contribution in [0.3, 0.4) is 0 Å². The summed E-state index contributed by atoms with van der Waals surface area (Å²) in [5.41, 5.74) is 1.42. The molecule has 28 heavy (non-hydrogen) atoms. The molecule has 1 aliphatic rings. The van der Waals surface area contributed by atoms with E-state index in [1.807, 2.05) is 12.1 Å². The Morgan fingerprint density at radius 3 is 2.57 bits per heavy atom. The SMILES string of the molecule is CC(=O)N(CC(=O)O)C1CCCN(C(=O)c2ccc(-c3cnco3)cc2)CC1. The van der Waals surface area contributed by atoms with Gasteiger partial charge in [-0.05, 0) is 31.4 Å². The minimum Gasteiger partial charge on any atom is -0.480 e. The Labute approximate surface area is 162 Å². The maximum absolute atomic E-state index is 12.9. The van der Waals surface area contributed by atoms with Crippen LogP contribution < -0.4 is 0 Å². The van der Waals surface area contributed by atoms with Crippen LogP contribution in [0.15, 0.2) is 41.3 Å². The van der Waals surface area contributed by atoms with Crippen molar-refractivity contribution in [3.63, 3.8) is 0 Å². The lowest BCUT2D eigenvalue weighted by Crippen LogP contribution is -2.43. The van der Waals surface area contributed by atoms with Crippen LogP contribution in [0.4, 0.5) is 0 Å². The highest BCUT2D eigenvalue weighted by molar-refractivity contribution is 5.94. The Hall–Kier alpha value is -3.16. The molecule has 3 rings (SSSR count). The molecule has 148 valence electrons. The minimum atomic E-state index is -1.03. The summed E-state index contributed by atoms with van der Waals surface area (Å²) in [4.78, 5) is 42.8. The van der Waals surface area contributed by atoms with Gasteiger partial charge in [0.05, 0.1) is 6.20 Å². The second kappa shape index (κ2) is 8.69. The first-order valence-electron chi connectivity index (χ1n) is 9.23. The van der Waals surface area contributed by atoms with Gasteiger partial charge in [0, 0.05) is 37.2 Å². The molecule has 8 nitrogen and oxygen atoms in total. The quantitative estimate of drug-likeness (QED) is 0.847. The van der Waals surface area contributed by atoms with Crippen LogP contribution in [-0.4, -0.2) is 63.4 Å². The molecule has 2 aromatic rings. The highest BCUT2D eigenvalue weighted by Crippen LogP contribution is 2.22. The largest absolute Gasteiger partial charge is 0.480 e. The number of aromatic nitrogens is 1. The van der Waals surface area contributed by atoms with Crippen molar-refractivity contribution in [2.24, 2.45) is 0 Å². The van der Waals surface area contributed by atoms with Gasteiger partial charge in [-0.2, -0.15) is 0 Å². The van der Waals surface area contributed by atoms with Crippen molar-refractivity contribution in [3.8, 4) is 11.3 Å². The van der Waals surface area contributed by atoms with Crippen LogP contribution >= 0.6 is 0 Å². The maximum atomic E-state index is 12.9. The number of oxazole rings is 1. The van der Waals surface area contributed by atoms with Gasteiger partial charge >= 0.3 is 5.97 Å². The van der Waals surface area contributed by atoms with Crippen molar-refractivity contribution < 1.29 is 23.9 Å². The molecule has 0 spiro atoms. The fourth-order valence-corrected chi connectivity index (χ4v) is 3.55. The van der Waals surface area contributed by atoms with Gasteiger partial charge in [-0.15, -0.1) is 0 Å². The van der Waals surface area contributed by atoms with Gasteiger partial charge in [0.25, 0.3) is 5.91 Å². The van der Waals surface area contributed by atoms with E-state index in [1.165, 1.54) is 18.2 Å². The van der Waals surface area contributed by atoms with Crippen molar-refractivity contribution in [1.82, 2.24) is 14.8 Å². The van der Waals surface area contributed by atoms with Crippen molar-refractivity contribution in [1.29, 1.82) is 0 Å². The monoisotopic (exact) mass is 385 g/mol. The number of carbonyl (C=O) groups excluding carboxylic acids is 2. The third kappa shape index (κ3) is 4.57. The third-order valence-electron chi connectivity index (χ3n) is 4.98. The Morgan fingerprint density at radius 2 is 1.96 bits per heavy atom. The predicted octanol–water partition coefficient (Wildman–Crippen LogP) is 2.27. The van der Waals surface area contributed by atoms with Crippen molar-refractivity contribution in [2.45, 2.75) is 32.2 Å². The molecule has 2 amide bonds. The average molecular weight is 385 g/mol. The number of carboxylic acids is 1. The molecule has 1 atom stereocenters. The van der Waals surface area contributed by atoms with E-state index >= 15 is 0 Å². The van der Waals surface area contributed by atoms with Gasteiger partial charge in [-0.1, -0.05) is 12.1 Å². The number of rotatable bonds is 5. The summed E-state index contributed by atoms with van der Waals surface area (Å²) in [5.74, 6) is -0.717. The van der Waals surface area contributed by atoms with Crippen LogP contribution in [0.5, 0.6) is 0 Å². The number of benzene rings is 1. The summed E-state index contributed by atoms with van der Waals surface area (Å²) in [6.07, 6.45) is 4.94. The van der Waals surface area contributed by atoms with Crippen LogP contribution in [0, 0.1) is 0 Å². The molecule has 1 aromatic carbocycles. The van der Waals surface area contributed by atoms with Crippen LogP contribution in [0.25, 0.3) is 11.3 Å². The average Bonchev–Trinajstić information content (AvgIpc) is 3.10. The normalized spacial score (nSPS) is 17.0. The van der Waals surface area contributed by atoms with Crippen LogP contribution in [0.1, 0.15) is 36.5 Å². The van der Waals surface area contributed by atoms with Gasteiger partial charge in [0.2, 0.25) is 5.91 Å². The third-order valence-corrected chi connectivity index (χ3v) is 4.98. The summed E-state index contributed by atoms with van der Waals surface area (Å²) in [6, 6.07) is 6.99. The topological polar surface area (TPSA) is 104 Å². The lowest BCUT2D eigenvalue weighted by atomic mass is 10.1. The Balaban J connectivity index is 1.65. The van der Waals surface area contributed by atoms with E-state index in [0.29, 0.717) is 37.3 Å². The van der Waals surface area contributed by atoms with E-state index in [1.54, 1.807) is 23.2 Å². The van der Waals surface area contributed by atoms with E-state index in [-0.39, 0.29) is 24.4 Å². The number of nitrogens with zero attached hydrogens (tertiary/aromatic N) is 3. The van der Waals surface area contributed by atoms with Gasteiger partial charge in [0.1, 0.15) is 6.54 Å². The summed E-state index contributed by atoms with van der Waals surface area (Å²) < 4.78 is 5.25. The number of carbonyl (C=O) groups is 3. The molecule has 0 bridgehead atoms. The van der Waals surface area contributed by atoms with E-state index in [4.69, 9.17) is 9.52 Å². The fraction of sp³-hybridized carbons (Fsp3) is 0.400. The Morgan fingerprint density at radius 1 is 1.21 bits per heavy atom. The summed E-state index contributed by atoms with van der Waals surface area (Å²) >= 11 is 0. The molecule has 0 saturated carbocycles. The van der Waals surface area contributed by atoms with Gasteiger partial charge in [-0.3, -0.25) is 14.4 Å². The molecule has 1 aromatic heterocycles. The van der Waals surface area contributed by atoms with Gasteiger partial charge in [-0.25, -0.2) is 4.98 Å². The molecule has 1 unspecified atom stereocenters. The first kappa shape index (κ1) is 19.6. The number of amides is 2. The molecule has 0 radical (unpaired) electrons. The summed E-state index contributed by atoms with van der Waals surface area (Å²) in [5, 5.41) is 9.04.